The van der Waals surface area contributed by atoms with Crippen LogP contribution in [0.1, 0.15) is 23.7 Å². The number of halogens is 1. The molecule has 1 heterocycles. The number of carbonyl (C=O) groups excluding carboxylic acids is 1. The molecule has 3 rings (SSSR count). The Morgan fingerprint density at radius 1 is 1.25 bits per heavy atom. The molecule has 0 saturated heterocycles. The second-order valence-electron chi connectivity index (χ2n) is 6.81. The van der Waals surface area contributed by atoms with E-state index in [1.165, 1.54) is 28.4 Å². The summed E-state index contributed by atoms with van der Waals surface area (Å²) in [6.45, 7) is 3.91. The largest absolute Gasteiger partial charge is 0.492 e. The molecular formula is C21H25FN3O2S+. The summed E-state index contributed by atoms with van der Waals surface area (Å²) >= 11 is 1.44. The van der Waals surface area contributed by atoms with Crippen molar-refractivity contribution in [1.29, 1.82) is 0 Å². The maximum atomic E-state index is 13.7. The number of para-hydroxylation sites is 1. The van der Waals surface area contributed by atoms with Gasteiger partial charge in [-0.05, 0) is 37.3 Å². The van der Waals surface area contributed by atoms with Crippen LogP contribution < -0.4 is 14.5 Å². The monoisotopic (exact) mass is 402 g/mol. The van der Waals surface area contributed by atoms with Crippen LogP contribution in [-0.2, 0) is 0 Å². The molecule has 0 spiro atoms. The molecule has 1 amide bonds. The highest BCUT2D eigenvalue weighted by Gasteiger charge is 2.22. The highest BCUT2D eigenvalue weighted by molar-refractivity contribution is 7.22. The number of aromatic nitrogens is 1. The van der Waals surface area contributed by atoms with E-state index in [2.05, 4.69) is 14.1 Å². The molecule has 0 aliphatic heterocycles. The number of fused-ring (bicyclic) bond motifs is 1. The molecule has 0 fully saturated rings. The Hall–Kier alpha value is -2.51. The van der Waals surface area contributed by atoms with Crippen molar-refractivity contribution in [3.05, 3.63) is 53.8 Å². The SMILES string of the molecule is CCOc1cccc2sc(N(CCC[NH+](C)C)C(=O)c3cccc(F)c3)nc12. The van der Waals surface area contributed by atoms with E-state index in [1.807, 2.05) is 25.1 Å². The molecular weight excluding hydrogens is 377 g/mol. The van der Waals surface area contributed by atoms with E-state index >= 15 is 0 Å². The number of amides is 1. The Morgan fingerprint density at radius 3 is 2.75 bits per heavy atom. The highest BCUT2D eigenvalue weighted by atomic mass is 32.1. The minimum absolute atomic E-state index is 0.245. The average Bonchev–Trinajstić information content (AvgIpc) is 3.09. The van der Waals surface area contributed by atoms with Crippen LogP contribution in [0.2, 0.25) is 0 Å². The summed E-state index contributed by atoms with van der Waals surface area (Å²) < 4.78 is 20.3. The maximum absolute atomic E-state index is 13.7. The topological polar surface area (TPSA) is 46.9 Å². The Kier molecular flexibility index (Phi) is 6.59. The lowest BCUT2D eigenvalue weighted by Gasteiger charge is -2.20. The van der Waals surface area contributed by atoms with Crippen molar-refractivity contribution in [3.8, 4) is 5.75 Å². The number of carbonyl (C=O) groups is 1. The fraction of sp³-hybridized carbons (Fsp3) is 0.333. The number of ether oxygens (including phenoxy) is 1. The molecule has 0 atom stereocenters. The van der Waals surface area contributed by atoms with Gasteiger partial charge in [0.25, 0.3) is 5.91 Å². The number of nitrogens with zero attached hydrogens (tertiary/aromatic N) is 2. The molecule has 3 aromatic rings. The van der Waals surface area contributed by atoms with Crippen molar-refractivity contribution in [2.75, 3.05) is 38.7 Å². The quantitative estimate of drug-likeness (QED) is 0.630. The molecule has 7 heteroatoms. The van der Waals surface area contributed by atoms with E-state index in [4.69, 9.17) is 9.72 Å². The van der Waals surface area contributed by atoms with E-state index in [0.717, 1.165) is 23.2 Å². The fourth-order valence-corrected chi connectivity index (χ4v) is 3.96. The van der Waals surface area contributed by atoms with E-state index in [9.17, 15) is 9.18 Å². The molecule has 0 radical (unpaired) electrons. The second kappa shape index (κ2) is 9.12. The van der Waals surface area contributed by atoms with Gasteiger partial charge in [-0.25, -0.2) is 9.37 Å². The molecule has 0 aliphatic carbocycles. The lowest BCUT2D eigenvalue weighted by Crippen LogP contribution is -3.05. The van der Waals surface area contributed by atoms with E-state index < -0.39 is 5.82 Å². The zero-order valence-electron chi connectivity index (χ0n) is 16.4. The van der Waals surface area contributed by atoms with Crippen molar-refractivity contribution in [2.45, 2.75) is 13.3 Å². The van der Waals surface area contributed by atoms with Crippen LogP contribution in [0.3, 0.4) is 0 Å². The minimum Gasteiger partial charge on any atom is -0.492 e. The summed E-state index contributed by atoms with van der Waals surface area (Å²) in [5.41, 5.74) is 1.07. The van der Waals surface area contributed by atoms with Crippen LogP contribution in [0.25, 0.3) is 10.2 Å². The van der Waals surface area contributed by atoms with Gasteiger partial charge in [-0.1, -0.05) is 23.5 Å². The van der Waals surface area contributed by atoms with Crippen LogP contribution in [-0.4, -0.2) is 44.7 Å². The normalized spacial score (nSPS) is 11.2. The Bertz CT molecular complexity index is 958. The van der Waals surface area contributed by atoms with Crippen molar-refractivity contribution < 1.29 is 18.8 Å². The molecule has 0 bridgehead atoms. The van der Waals surface area contributed by atoms with Gasteiger partial charge in [-0.3, -0.25) is 9.69 Å². The van der Waals surface area contributed by atoms with Crippen LogP contribution in [0, 0.1) is 5.82 Å². The predicted octanol–water partition coefficient (Wildman–Crippen LogP) is 3.02. The first kappa shape index (κ1) is 20.2. The van der Waals surface area contributed by atoms with Crippen molar-refractivity contribution in [2.24, 2.45) is 0 Å². The standard InChI is InChI=1S/C21H24FN3O2S/c1-4-27-17-10-6-11-18-19(17)23-21(28-18)25(13-7-12-24(2)3)20(26)15-8-5-9-16(22)14-15/h5-6,8-11,14H,4,7,12-13H2,1-3H3/p+1. The first-order valence-corrected chi connectivity index (χ1v) is 10.2. The third kappa shape index (κ3) is 4.66. The number of anilines is 1. The number of rotatable bonds is 8. The van der Waals surface area contributed by atoms with Crippen molar-refractivity contribution >= 4 is 32.6 Å². The molecule has 0 aliphatic rings. The van der Waals surface area contributed by atoms with Crippen molar-refractivity contribution in [3.63, 3.8) is 0 Å². The Labute approximate surface area is 168 Å². The summed E-state index contributed by atoms with van der Waals surface area (Å²) in [4.78, 5) is 20.8. The zero-order chi connectivity index (χ0) is 20.1. The predicted molar refractivity (Wildman–Crippen MR) is 111 cm³/mol. The summed E-state index contributed by atoms with van der Waals surface area (Å²) in [5, 5.41) is 0.602. The second-order valence-corrected chi connectivity index (χ2v) is 7.82. The number of benzene rings is 2. The number of hydrogen-bond donors (Lipinski definition) is 1. The zero-order valence-corrected chi connectivity index (χ0v) is 17.2. The first-order valence-electron chi connectivity index (χ1n) is 9.38. The summed E-state index contributed by atoms with van der Waals surface area (Å²) in [7, 11) is 4.15. The molecule has 1 aromatic heterocycles. The molecule has 0 saturated carbocycles. The Morgan fingerprint density at radius 2 is 2.04 bits per heavy atom. The van der Waals surface area contributed by atoms with Gasteiger partial charge in [0.05, 0.1) is 31.9 Å². The van der Waals surface area contributed by atoms with Gasteiger partial charge in [0.2, 0.25) is 0 Å². The molecule has 148 valence electrons. The lowest BCUT2D eigenvalue weighted by atomic mass is 10.2. The molecule has 0 unspecified atom stereocenters. The van der Waals surface area contributed by atoms with Gasteiger partial charge in [-0.15, -0.1) is 0 Å². The van der Waals surface area contributed by atoms with E-state index in [1.54, 1.807) is 17.0 Å². The van der Waals surface area contributed by atoms with Gasteiger partial charge >= 0.3 is 0 Å². The maximum Gasteiger partial charge on any atom is 0.260 e. The van der Waals surface area contributed by atoms with E-state index in [0.29, 0.717) is 29.6 Å². The Balaban J connectivity index is 1.97. The number of hydrogen-bond acceptors (Lipinski definition) is 4. The third-order valence-corrected chi connectivity index (χ3v) is 5.32. The number of quaternary nitrogens is 1. The molecule has 1 N–H and O–H groups in total. The van der Waals surface area contributed by atoms with Gasteiger partial charge in [0, 0.05) is 18.5 Å². The van der Waals surface area contributed by atoms with Gasteiger partial charge in [0.15, 0.2) is 5.13 Å². The van der Waals surface area contributed by atoms with Crippen molar-refractivity contribution in [1.82, 2.24) is 4.98 Å². The van der Waals surface area contributed by atoms with Crippen LogP contribution in [0.15, 0.2) is 42.5 Å². The van der Waals surface area contributed by atoms with E-state index in [-0.39, 0.29) is 5.91 Å². The first-order chi connectivity index (χ1) is 13.5. The number of nitrogens with one attached hydrogen (secondary N) is 1. The number of thiazole rings is 1. The highest BCUT2D eigenvalue weighted by Crippen LogP contribution is 2.34. The molecule has 2 aromatic carbocycles. The third-order valence-electron chi connectivity index (χ3n) is 4.28. The van der Waals surface area contributed by atoms with Crippen LogP contribution in [0.5, 0.6) is 5.75 Å². The molecule has 5 nitrogen and oxygen atoms in total. The fourth-order valence-electron chi connectivity index (χ4n) is 2.95. The lowest BCUT2D eigenvalue weighted by molar-refractivity contribution is -0.858. The summed E-state index contributed by atoms with van der Waals surface area (Å²) in [5.74, 6) is 0.0372. The summed E-state index contributed by atoms with van der Waals surface area (Å²) in [6, 6.07) is 11.6. The van der Waals surface area contributed by atoms with Crippen LogP contribution >= 0.6 is 11.3 Å². The smallest absolute Gasteiger partial charge is 0.260 e. The molecule has 28 heavy (non-hydrogen) atoms. The van der Waals surface area contributed by atoms with Gasteiger partial charge in [0.1, 0.15) is 17.1 Å². The van der Waals surface area contributed by atoms with Gasteiger partial charge in [-0.2, -0.15) is 0 Å². The summed E-state index contributed by atoms with van der Waals surface area (Å²) in [6.07, 6.45) is 0.817. The van der Waals surface area contributed by atoms with Crippen LogP contribution in [0.4, 0.5) is 9.52 Å². The minimum atomic E-state index is -0.425. The average molecular weight is 403 g/mol. The van der Waals surface area contributed by atoms with Gasteiger partial charge < -0.3 is 9.64 Å².